The van der Waals surface area contributed by atoms with E-state index in [1.807, 2.05) is 0 Å². The van der Waals surface area contributed by atoms with Crippen LogP contribution in [-0.2, 0) is 14.9 Å². The predicted octanol–water partition coefficient (Wildman–Crippen LogP) is 2.08. The van der Waals surface area contributed by atoms with Gasteiger partial charge in [0.05, 0.1) is 0 Å². The molecule has 1 aromatic carbocycles. The van der Waals surface area contributed by atoms with Crippen molar-refractivity contribution in [3.05, 3.63) is 35.1 Å². The number of alkyl halides is 3. The molecule has 0 bridgehead atoms. The molecule has 1 rings (SSSR count). The molecule has 5 nitrogen and oxygen atoms in total. The molecule has 1 atom stereocenters. The van der Waals surface area contributed by atoms with Crippen molar-refractivity contribution in [3.8, 4) is 0 Å². The molecule has 0 fully saturated rings. The predicted molar refractivity (Wildman–Crippen MR) is 58.0 cm³/mol. The van der Waals surface area contributed by atoms with Gasteiger partial charge in [0, 0.05) is 6.07 Å². The molecule has 124 valence electrons. The Hall–Kier alpha value is -1.82. The molecular weight excluding hydrogens is 346 g/mol. The minimum absolute atomic E-state index is 0.0333. The number of benzene rings is 1. The third kappa shape index (κ3) is 4.87. The first-order chi connectivity index (χ1) is 9.81. The Bertz CT molecular complexity index is 684. The lowest BCUT2D eigenvalue weighted by atomic mass is 10.2. The van der Waals surface area contributed by atoms with Crippen LogP contribution in [0, 0.1) is 17.5 Å². The smallest absolute Gasteiger partial charge is 0.426 e. The van der Waals surface area contributed by atoms with Gasteiger partial charge in [-0.3, -0.25) is 4.55 Å². The summed E-state index contributed by atoms with van der Waals surface area (Å²) in [5.41, 5.74) is -1.50. The Morgan fingerprint density at radius 2 is 1.77 bits per heavy atom. The summed E-state index contributed by atoms with van der Waals surface area (Å²) in [7, 11) is -5.20. The molecule has 12 heteroatoms. The Labute approximate surface area is 119 Å². The minimum Gasteiger partial charge on any atom is -0.448 e. The molecule has 0 amide bonds. The molecule has 0 spiro atoms. The molecule has 0 aliphatic rings. The maximum Gasteiger partial charge on any atom is 0.426 e. The van der Waals surface area contributed by atoms with Crippen LogP contribution in [0.15, 0.2) is 12.1 Å². The van der Waals surface area contributed by atoms with Crippen LogP contribution in [0.25, 0.3) is 0 Å². The second kappa shape index (κ2) is 6.12. The molecule has 0 aliphatic heterocycles. The molecule has 0 heterocycles. The first-order valence-corrected chi connectivity index (χ1v) is 6.79. The van der Waals surface area contributed by atoms with E-state index >= 15 is 0 Å². The van der Waals surface area contributed by atoms with Crippen LogP contribution in [0.1, 0.15) is 10.4 Å². The lowest BCUT2D eigenvalue weighted by Gasteiger charge is -2.19. The zero-order chi connectivity index (χ0) is 17.3. The number of carbonyl (C=O) groups excluding carboxylic acids is 1. The summed E-state index contributed by atoms with van der Waals surface area (Å²) in [5, 5.41) is 0. The molecule has 1 aromatic rings. The molecule has 22 heavy (non-hydrogen) atoms. The van der Waals surface area contributed by atoms with Crippen LogP contribution in [-0.4, -0.2) is 37.0 Å². The van der Waals surface area contributed by atoms with Gasteiger partial charge in [-0.2, -0.15) is 21.6 Å². The van der Waals surface area contributed by atoms with Crippen LogP contribution >= 0.6 is 0 Å². The molecule has 0 aliphatic carbocycles. The number of ether oxygens (including phenoxy) is 1. The lowest BCUT2D eigenvalue weighted by Crippen LogP contribution is -2.39. The molecule has 0 saturated carbocycles. The van der Waals surface area contributed by atoms with Gasteiger partial charge in [-0.05, 0) is 6.07 Å². The molecule has 0 saturated heterocycles. The van der Waals surface area contributed by atoms with Crippen molar-refractivity contribution >= 4 is 16.1 Å². The SMILES string of the molecule is O=C(OC(CS(=O)(=O)O)C(F)(F)F)c1cc(F)cc(F)c1F. The minimum atomic E-state index is -5.42. The zero-order valence-corrected chi connectivity index (χ0v) is 11.0. The van der Waals surface area contributed by atoms with E-state index in [9.17, 15) is 39.6 Å². The summed E-state index contributed by atoms with van der Waals surface area (Å²) in [6, 6.07) is 0.104. The summed E-state index contributed by atoms with van der Waals surface area (Å²) in [5.74, 6) is -9.50. The van der Waals surface area contributed by atoms with Gasteiger partial charge in [-0.15, -0.1) is 0 Å². The summed E-state index contributed by atoms with van der Waals surface area (Å²) < 4.78 is 109. The highest BCUT2D eigenvalue weighted by Gasteiger charge is 2.45. The van der Waals surface area contributed by atoms with E-state index in [0.29, 0.717) is 0 Å². The Kier molecular flexibility index (Phi) is 5.07. The second-order valence-corrected chi connectivity index (χ2v) is 5.43. The number of hydrogen-bond donors (Lipinski definition) is 1. The average Bonchev–Trinajstić information content (AvgIpc) is 2.29. The van der Waals surface area contributed by atoms with Gasteiger partial charge in [0.2, 0.25) is 6.10 Å². The number of esters is 1. The van der Waals surface area contributed by atoms with Gasteiger partial charge in [0.25, 0.3) is 10.1 Å². The number of halogens is 6. The number of carbonyl (C=O) groups is 1. The van der Waals surface area contributed by atoms with Crippen LogP contribution in [0.4, 0.5) is 26.3 Å². The van der Waals surface area contributed by atoms with Gasteiger partial charge >= 0.3 is 12.1 Å². The fourth-order valence-electron chi connectivity index (χ4n) is 1.28. The Morgan fingerprint density at radius 1 is 1.23 bits per heavy atom. The maximum absolute atomic E-state index is 13.2. The second-order valence-electron chi connectivity index (χ2n) is 3.93. The highest BCUT2D eigenvalue weighted by atomic mass is 32.2. The third-order valence-electron chi connectivity index (χ3n) is 2.19. The van der Waals surface area contributed by atoms with Crippen molar-refractivity contribution < 1.29 is 48.8 Å². The first-order valence-electron chi connectivity index (χ1n) is 5.18. The van der Waals surface area contributed by atoms with Gasteiger partial charge in [0.1, 0.15) is 17.1 Å². The quantitative estimate of drug-likeness (QED) is 0.388. The molecule has 1 N–H and O–H groups in total. The van der Waals surface area contributed by atoms with Gasteiger partial charge in [-0.25, -0.2) is 18.0 Å². The van der Waals surface area contributed by atoms with Crippen molar-refractivity contribution in [1.82, 2.24) is 0 Å². The lowest BCUT2D eigenvalue weighted by molar-refractivity contribution is -0.197. The average molecular weight is 352 g/mol. The van der Waals surface area contributed by atoms with Crippen LogP contribution in [0.3, 0.4) is 0 Å². The Balaban J connectivity index is 3.12. The monoisotopic (exact) mass is 352 g/mol. The summed E-state index contributed by atoms with van der Waals surface area (Å²) in [6.45, 7) is 0. The van der Waals surface area contributed by atoms with E-state index in [-0.39, 0.29) is 12.1 Å². The van der Waals surface area contributed by atoms with E-state index in [2.05, 4.69) is 4.74 Å². The van der Waals surface area contributed by atoms with Gasteiger partial charge in [0.15, 0.2) is 11.6 Å². The summed E-state index contributed by atoms with van der Waals surface area (Å²) >= 11 is 0. The summed E-state index contributed by atoms with van der Waals surface area (Å²) in [4.78, 5) is 11.3. The maximum atomic E-state index is 13.2. The van der Waals surface area contributed by atoms with Crippen molar-refractivity contribution in [1.29, 1.82) is 0 Å². The number of hydrogen-bond acceptors (Lipinski definition) is 4. The fraction of sp³-hybridized carbons (Fsp3) is 0.300. The standard InChI is InChI=1S/C10H6F6O5S/c11-4-1-5(8(13)6(12)2-4)9(17)21-7(10(14,15)16)3-22(18,19)20/h1-2,7H,3H2,(H,18,19,20). The molecular formula is C10H6F6O5S. The van der Waals surface area contributed by atoms with Crippen LogP contribution < -0.4 is 0 Å². The highest BCUT2D eigenvalue weighted by Crippen LogP contribution is 2.26. The van der Waals surface area contributed by atoms with E-state index in [1.165, 1.54) is 0 Å². The van der Waals surface area contributed by atoms with Crippen molar-refractivity contribution in [3.63, 3.8) is 0 Å². The van der Waals surface area contributed by atoms with Gasteiger partial charge in [-0.1, -0.05) is 0 Å². The van der Waals surface area contributed by atoms with Gasteiger partial charge < -0.3 is 4.74 Å². The first kappa shape index (κ1) is 18.2. The van der Waals surface area contributed by atoms with Crippen LogP contribution in [0.5, 0.6) is 0 Å². The van der Waals surface area contributed by atoms with E-state index < -0.39 is 57.1 Å². The molecule has 0 radical (unpaired) electrons. The highest BCUT2D eigenvalue weighted by molar-refractivity contribution is 7.85. The van der Waals surface area contributed by atoms with E-state index in [4.69, 9.17) is 4.55 Å². The molecule has 1 unspecified atom stereocenters. The largest absolute Gasteiger partial charge is 0.448 e. The van der Waals surface area contributed by atoms with E-state index in [0.717, 1.165) is 0 Å². The normalized spacial score (nSPS) is 13.8. The fourth-order valence-corrected chi connectivity index (χ4v) is 1.92. The van der Waals surface area contributed by atoms with Crippen molar-refractivity contribution in [2.24, 2.45) is 0 Å². The van der Waals surface area contributed by atoms with Crippen molar-refractivity contribution in [2.45, 2.75) is 12.3 Å². The zero-order valence-electron chi connectivity index (χ0n) is 10.2. The number of rotatable bonds is 4. The topological polar surface area (TPSA) is 80.7 Å². The van der Waals surface area contributed by atoms with Crippen LogP contribution in [0.2, 0.25) is 0 Å². The summed E-state index contributed by atoms with van der Waals surface area (Å²) in [6.07, 6.45) is -8.77. The van der Waals surface area contributed by atoms with E-state index in [1.54, 1.807) is 0 Å². The Morgan fingerprint density at radius 3 is 2.23 bits per heavy atom. The molecule has 0 aromatic heterocycles. The van der Waals surface area contributed by atoms with Crippen molar-refractivity contribution in [2.75, 3.05) is 5.75 Å². The third-order valence-corrected chi connectivity index (χ3v) is 2.91.